The number of carbonyl (C=O) groups excluding carboxylic acids is 1. The second-order valence-corrected chi connectivity index (χ2v) is 6.62. The molecule has 4 aromatic rings. The minimum absolute atomic E-state index is 0.132. The number of esters is 1. The molecule has 1 aromatic carbocycles. The lowest BCUT2D eigenvalue weighted by Gasteiger charge is -2.07. The molecule has 4 rings (SSSR count). The molecule has 0 unspecified atom stereocenters. The second-order valence-electron chi connectivity index (χ2n) is 5.76. The number of ether oxygens (including phenoxy) is 1. The molecule has 128 valence electrons. The molecule has 5 nitrogen and oxygen atoms in total. The number of nitrogens with zero attached hydrogens (tertiary/aromatic N) is 3. The number of hydrogen-bond donors (Lipinski definition) is 0. The fourth-order valence-corrected chi connectivity index (χ4v) is 3.42. The molecule has 0 N–H and O–H groups in total. The van der Waals surface area contributed by atoms with Gasteiger partial charge in [-0.1, -0.05) is 30.3 Å². The Morgan fingerprint density at radius 2 is 1.96 bits per heavy atom. The molecule has 3 heterocycles. The average Bonchev–Trinajstić information content (AvgIpc) is 3.15. The first-order valence-corrected chi connectivity index (χ1v) is 8.98. The van der Waals surface area contributed by atoms with E-state index in [4.69, 9.17) is 4.74 Å². The minimum Gasteiger partial charge on any atom is -0.455 e. The van der Waals surface area contributed by atoms with Crippen LogP contribution < -0.4 is 0 Å². The third-order valence-electron chi connectivity index (χ3n) is 3.92. The van der Waals surface area contributed by atoms with E-state index < -0.39 is 5.97 Å². The molecule has 6 heteroatoms. The van der Waals surface area contributed by atoms with Crippen molar-refractivity contribution in [2.24, 2.45) is 0 Å². The summed E-state index contributed by atoms with van der Waals surface area (Å²) >= 11 is 1.53. The molecule has 0 fully saturated rings. The van der Waals surface area contributed by atoms with Crippen molar-refractivity contribution >= 4 is 28.3 Å². The third kappa shape index (κ3) is 3.32. The van der Waals surface area contributed by atoms with Crippen molar-refractivity contribution in [3.63, 3.8) is 0 Å². The summed E-state index contributed by atoms with van der Waals surface area (Å²) in [4.78, 5) is 25.6. The molecular formula is C20H15N3O2S. The smallest absolute Gasteiger partial charge is 0.340 e. The van der Waals surface area contributed by atoms with Crippen LogP contribution in [-0.4, -0.2) is 20.9 Å². The summed E-state index contributed by atoms with van der Waals surface area (Å²) < 4.78 is 5.44. The maximum absolute atomic E-state index is 12.5. The van der Waals surface area contributed by atoms with E-state index in [1.807, 2.05) is 47.8 Å². The SMILES string of the molecule is Cc1nc2ncccc2cc1C(=O)OCc1csc(-c2ccccc2)n1. The number of thiazole rings is 1. The molecule has 0 aliphatic carbocycles. The summed E-state index contributed by atoms with van der Waals surface area (Å²) in [6.07, 6.45) is 1.68. The van der Waals surface area contributed by atoms with Gasteiger partial charge in [0.1, 0.15) is 11.6 Å². The Hall–Kier alpha value is -3.12. The number of carbonyl (C=O) groups is 1. The molecule has 0 spiro atoms. The highest BCUT2D eigenvalue weighted by Crippen LogP contribution is 2.24. The molecule has 26 heavy (non-hydrogen) atoms. The van der Waals surface area contributed by atoms with Crippen LogP contribution in [0.5, 0.6) is 0 Å². The Labute approximate surface area is 154 Å². The van der Waals surface area contributed by atoms with E-state index in [1.165, 1.54) is 11.3 Å². The van der Waals surface area contributed by atoms with Crippen LogP contribution in [0.1, 0.15) is 21.7 Å². The van der Waals surface area contributed by atoms with Crippen molar-refractivity contribution in [1.29, 1.82) is 0 Å². The first kappa shape index (κ1) is 16.4. The number of fused-ring (bicyclic) bond motifs is 1. The zero-order valence-electron chi connectivity index (χ0n) is 14.0. The lowest BCUT2D eigenvalue weighted by Crippen LogP contribution is -2.09. The third-order valence-corrected chi connectivity index (χ3v) is 4.86. The van der Waals surface area contributed by atoms with E-state index in [2.05, 4.69) is 15.0 Å². The van der Waals surface area contributed by atoms with Gasteiger partial charge < -0.3 is 4.74 Å². The van der Waals surface area contributed by atoms with Crippen LogP contribution in [-0.2, 0) is 11.3 Å². The monoisotopic (exact) mass is 361 g/mol. The van der Waals surface area contributed by atoms with Crippen LogP contribution in [0.2, 0.25) is 0 Å². The Balaban J connectivity index is 1.49. The molecule has 0 amide bonds. The predicted molar refractivity (Wildman–Crippen MR) is 101 cm³/mol. The lowest BCUT2D eigenvalue weighted by atomic mass is 10.1. The van der Waals surface area contributed by atoms with Gasteiger partial charge in [-0.2, -0.15) is 0 Å². The maximum atomic E-state index is 12.5. The van der Waals surface area contributed by atoms with Crippen molar-refractivity contribution in [2.75, 3.05) is 0 Å². The Morgan fingerprint density at radius 1 is 1.12 bits per heavy atom. The number of rotatable bonds is 4. The highest BCUT2D eigenvalue weighted by atomic mass is 32.1. The van der Waals surface area contributed by atoms with Gasteiger partial charge in [-0.3, -0.25) is 0 Å². The highest BCUT2D eigenvalue weighted by molar-refractivity contribution is 7.13. The van der Waals surface area contributed by atoms with Crippen LogP contribution >= 0.6 is 11.3 Å². The van der Waals surface area contributed by atoms with Gasteiger partial charge in [0, 0.05) is 22.5 Å². The molecule has 0 aliphatic rings. The van der Waals surface area contributed by atoms with Crippen molar-refractivity contribution < 1.29 is 9.53 Å². The highest BCUT2D eigenvalue weighted by Gasteiger charge is 2.14. The normalized spacial score (nSPS) is 10.8. The van der Waals surface area contributed by atoms with Gasteiger partial charge in [-0.15, -0.1) is 11.3 Å². The number of pyridine rings is 2. The molecule has 0 bridgehead atoms. The van der Waals surface area contributed by atoms with Crippen LogP contribution in [0, 0.1) is 6.92 Å². The summed E-state index contributed by atoms with van der Waals surface area (Å²) in [6, 6.07) is 15.4. The summed E-state index contributed by atoms with van der Waals surface area (Å²) in [5, 5.41) is 3.63. The Morgan fingerprint density at radius 3 is 2.81 bits per heavy atom. The van der Waals surface area contributed by atoms with E-state index >= 15 is 0 Å². The second kappa shape index (κ2) is 7.01. The fraction of sp³-hybridized carbons (Fsp3) is 0.100. The van der Waals surface area contributed by atoms with Crippen LogP contribution in [0.3, 0.4) is 0 Å². The predicted octanol–water partition coefficient (Wildman–Crippen LogP) is 4.42. The summed E-state index contributed by atoms with van der Waals surface area (Å²) in [5.41, 5.74) is 3.45. The first-order chi connectivity index (χ1) is 12.7. The van der Waals surface area contributed by atoms with Crippen LogP contribution in [0.4, 0.5) is 0 Å². The van der Waals surface area contributed by atoms with Gasteiger partial charge in [0.25, 0.3) is 0 Å². The maximum Gasteiger partial charge on any atom is 0.340 e. The number of hydrogen-bond acceptors (Lipinski definition) is 6. The van der Waals surface area contributed by atoms with E-state index in [0.29, 0.717) is 16.9 Å². The zero-order valence-corrected chi connectivity index (χ0v) is 14.9. The first-order valence-electron chi connectivity index (χ1n) is 8.10. The van der Waals surface area contributed by atoms with Crippen molar-refractivity contribution in [2.45, 2.75) is 13.5 Å². The van der Waals surface area contributed by atoms with E-state index in [1.54, 1.807) is 19.2 Å². The molecule has 0 atom stereocenters. The largest absolute Gasteiger partial charge is 0.455 e. The molecule has 0 aliphatic heterocycles. The van der Waals surface area contributed by atoms with Gasteiger partial charge in [0.2, 0.25) is 0 Å². The Bertz CT molecular complexity index is 1080. The summed E-state index contributed by atoms with van der Waals surface area (Å²) in [7, 11) is 0. The van der Waals surface area contributed by atoms with E-state index in [9.17, 15) is 4.79 Å². The van der Waals surface area contributed by atoms with Gasteiger partial charge in [0.15, 0.2) is 5.65 Å². The standard InChI is InChI=1S/C20H15N3O2S/c1-13-17(10-15-8-5-9-21-18(15)22-13)20(24)25-11-16-12-26-19(23-16)14-6-3-2-4-7-14/h2-10,12H,11H2,1H3. The van der Waals surface area contributed by atoms with Gasteiger partial charge in [0.05, 0.1) is 17.0 Å². The van der Waals surface area contributed by atoms with Gasteiger partial charge in [-0.05, 0) is 25.1 Å². The molecular weight excluding hydrogens is 346 g/mol. The fourth-order valence-electron chi connectivity index (χ4n) is 2.60. The molecule has 0 radical (unpaired) electrons. The average molecular weight is 361 g/mol. The zero-order chi connectivity index (χ0) is 17.9. The van der Waals surface area contributed by atoms with Crippen molar-refractivity contribution in [3.05, 3.63) is 77.1 Å². The van der Waals surface area contributed by atoms with Gasteiger partial charge in [-0.25, -0.2) is 19.7 Å². The van der Waals surface area contributed by atoms with Crippen LogP contribution in [0.25, 0.3) is 21.6 Å². The van der Waals surface area contributed by atoms with Crippen molar-refractivity contribution in [1.82, 2.24) is 15.0 Å². The number of aryl methyl sites for hydroxylation is 1. The molecule has 0 saturated carbocycles. The summed E-state index contributed by atoms with van der Waals surface area (Å²) in [6.45, 7) is 1.91. The molecule has 0 saturated heterocycles. The summed E-state index contributed by atoms with van der Waals surface area (Å²) in [5.74, 6) is -0.407. The number of benzene rings is 1. The minimum atomic E-state index is -0.407. The van der Waals surface area contributed by atoms with E-state index in [-0.39, 0.29) is 6.61 Å². The van der Waals surface area contributed by atoms with Gasteiger partial charge >= 0.3 is 5.97 Å². The Kier molecular flexibility index (Phi) is 4.41. The van der Waals surface area contributed by atoms with E-state index in [0.717, 1.165) is 21.7 Å². The lowest BCUT2D eigenvalue weighted by molar-refractivity contribution is 0.0467. The molecule has 3 aromatic heterocycles. The quantitative estimate of drug-likeness (QED) is 0.504. The van der Waals surface area contributed by atoms with Crippen molar-refractivity contribution in [3.8, 4) is 10.6 Å². The van der Waals surface area contributed by atoms with Crippen LogP contribution in [0.15, 0.2) is 60.1 Å². The topological polar surface area (TPSA) is 65.0 Å². The number of aromatic nitrogens is 3.